The van der Waals surface area contributed by atoms with E-state index in [0.29, 0.717) is 11.3 Å². The number of nitrogens with two attached hydrogens (primary N) is 2. The number of rotatable bonds is 10. The largest absolute Gasteiger partial charge is 0.465 e. The lowest BCUT2D eigenvalue weighted by molar-refractivity contribution is -0.143. The summed E-state index contributed by atoms with van der Waals surface area (Å²) in [4.78, 5) is 54.9. The molecule has 2 aromatic carbocycles. The van der Waals surface area contributed by atoms with Crippen molar-refractivity contribution in [3.63, 3.8) is 0 Å². The lowest BCUT2D eigenvalue weighted by atomic mass is 10.0. The molecule has 0 bridgehead atoms. The van der Waals surface area contributed by atoms with Gasteiger partial charge >= 0.3 is 5.97 Å². The fourth-order valence-corrected chi connectivity index (χ4v) is 4.79. The zero-order valence-corrected chi connectivity index (χ0v) is 23.3. The zero-order valence-electron chi connectivity index (χ0n) is 22.5. The maximum absolute atomic E-state index is 14.1. The Bertz CT molecular complexity index is 1370. The fourth-order valence-electron chi connectivity index (χ4n) is 4.05. The standard InChI is InChI=1S/C27H32N6O5S/c1-6-38-20(34)14-30-26(36)23(17-7-9-18(10-8-17)32(4)5)33(19-12-15(2)11-16(3)13-19)27(37)24-21(28)22(25(29)35)31-39-24/h7-13,23H,6,14,28H2,1-5H3,(H2,29,35)(H,30,36). The van der Waals surface area contributed by atoms with E-state index in [1.807, 2.05) is 51.0 Å². The highest BCUT2D eigenvalue weighted by molar-refractivity contribution is 7.09. The van der Waals surface area contributed by atoms with Crippen molar-refractivity contribution in [2.75, 3.05) is 42.8 Å². The van der Waals surface area contributed by atoms with E-state index in [1.165, 1.54) is 4.90 Å². The van der Waals surface area contributed by atoms with Crippen LogP contribution in [0.3, 0.4) is 0 Å². The number of aryl methyl sites for hydroxylation is 2. The molecule has 0 aliphatic rings. The van der Waals surface area contributed by atoms with Crippen LogP contribution in [0.25, 0.3) is 0 Å². The van der Waals surface area contributed by atoms with Crippen LogP contribution in [0.2, 0.25) is 0 Å². The first kappa shape index (κ1) is 29.1. The first-order valence-corrected chi connectivity index (χ1v) is 12.9. The predicted molar refractivity (Wildman–Crippen MR) is 151 cm³/mol. The molecule has 12 heteroatoms. The molecule has 0 spiro atoms. The van der Waals surface area contributed by atoms with E-state index in [1.54, 1.807) is 31.2 Å². The average molecular weight is 553 g/mol. The number of aromatic nitrogens is 1. The van der Waals surface area contributed by atoms with Crippen LogP contribution < -0.4 is 26.6 Å². The number of anilines is 3. The number of ether oxygens (including phenoxy) is 1. The molecule has 5 N–H and O–H groups in total. The fraction of sp³-hybridized carbons (Fsp3) is 0.296. The monoisotopic (exact) mass is 552 g/mol. The Labute approximate surface area is 230 Å². The third kappa shape index (κ3) is 6.71. The van der Waals surface area contributed by atoms with E-state index < -0.39 is 29.7 Å². The average Bonchev–Trinajstić information content (AvgIpc) is 3.26. The molecular weight excluding hydrogens is 520 g/mol. The van der Waals surface area contributed by atoms with E-state index in [4.69, 9.17) is 16.2 Å². The van der Waals surface area contributed by atoms with Gasteiger partial charge in [-0.05, 0) is 73.3 Å². The Morgan fingerprint density at radius 1 is 1.03 bits per heavy atom. The van der Waals surface area contributed by atoms with Gasteiger partial charge in [-0.1, -0.05) is 18.2 Å². The van der Waals surface area contributed by atoms with Crippen LogP contribution >= 0.6 is 11.5 Å². The molecule has 1 atom stereocenters. The van der Waals surface area contributed by atoms with Gasteiger partial charge in [-0.15, -0.1) is 0 Å². The summed E-state index contributed by atoms with van der Waals surface area (Å²) in [5.41, 5.74) is 14.6. The number of hydrogen-bond acceptors (Lipinski definition) is 9. The van der Waals surface area contributed by atoms with Gasteiger partial charge in [0.1, 0.15) is 17.5 Å². The summed E-state index contributed by atoms with van der Waals surface area (Å²) in [7, 11) is 3.76. The van der Waals surface area contributed by atoms with Crippen molar-refractivity contribution in [3.05, 3.63) is 69.7 Å². The minimum atomic E-state index is -1.22. The Balaban J connectivity index is 2.21. The summed E-state index contributed by atoms with van der Waals surface area (Å²) in [6, 6.07) is 11.3. The highest BCUT2D eigenvalue weighted by Gasteiger charge is 2.36. The number of amides is 3. The number of nitrogen functional groups attached to an aromatic ring is 1. The number of carbonyl (C=O) groups is 4. The molecule has 1 aromatic heterocycles. The van der Waals surface area contributed by atoms with E-state index in [0.717, 1.165) is 28.3 Å². The van der Waals surface area contributed by atoms with Crippen molar-refractivity contribution in [2.45, 2.75) is 26.8 Å². The van der Waals surface area contributed by atoms with Crippen molar-refractivity contribution in [1.29, 1.82) is 0 Å². The van der Waals surface area contributed by atoms with E-state index >= 15 is 0 Å². The van der Waals surface area contributed by atoms with Gasteiger partial charge in [0.2, 0.25) is 5.91 Å². The van der Waals surface area contributed by atoms with Crippen LogP contribution in [0.15, 0.2) is 42.5 Å². The molecule has 0 radical (unpaired) electrons. The van der Waals surface area contributed by atoms with Gasteiger partial charge in [0.15, 0.2) is 5.69 Å². The third-order valence-electron chi connectivity index (χ3n) is 5.80. The Hall–Kier alpha value is -4.45. The number of nitrogens with zero attached hydrogens (tertiary/aromatic N) is 3. The smallest absolute Gasteiger partial charge is 0.325 e. The van der Waals surface area contributed by atoms with E-state index in [9.17, 15) is 19.2 Å². The van der Waals surface area contributed by atoms with Crippen LogP contribution in [0.1, 0.15) is 49.8 Å². The molecule has 0 aliphatic carbocycles. The van der Waals surface area contributed by atoms with Gasteiger partial charge in [0.25, 0.3) is 11.8 Å². The zero-order chi connectivity index (χ0) is 28.9. The topological polar surface area (TPSA) is 161 Å². The van der Waals surface area contributed by atoms with Gasteiger partial charge in [-0.3, -0.25) is 24.1 Å². The highest BCUT2D eigenvalue weighted by Crippen LogP contribution is 2.34. The lowest BCUT2D eigenvalue weighted by Crippen LogP contribution is -2.45. The molecular formula is C27H32N6O5S. The molecule has 3 rings (SSSR count). The first-order chi connectivity index (χ1) is 18.4. The summed E-state index contributed by atoms with van der Waals surface area (Å²) in [6.07, 6.45) is 0. The maximum Gasteiger partial charge on any atom is 0.325 e. The van der Waals surface area contributed by atoms with Gasteiger partial charge in [-0.2, -0.15) is 4.37 Å². The molecule has 0 aliphatic heterocycles. The molecule has 11 nitrogen and oxygen atoms in total. The van der Waals surface area contributed by atoms with Gasteiger partial charge in [0.05, 0.1) is 12.3 Å². The molecule has 1 unspecified atom stereocenters. The van der Waals surface area contributed by atoms with Crippen molar-refractivity contribution >= 4 is 52.3 Å². The molecule has 206 valence electrons. The second-order valence-electron chi connectivity index (χ2n) is 9.07. The summed E-state index contributed by atoms with van der Waals surface area (Å²) in [6.45, 7) is 5.17. The van der Waals surface area contributed by atoms with Crippen LogP contribution in [0, 0.1) is 13.8 Å². The number of hydrogen-bond donors (Lipinski definition) is 3. The maximum atomic E-state index is 14.1. The molecule has 3 amide bonds. The van der Waals surface area contributed by atoms with Crippen molar-refractivity contribution < 1.29 is 23.9 Å². The number of carbonyl (C=O) groups excluding carboxylic acids is 4. The van der Waals surface area contributed by atoms with Crippen LogP contribution in [0.4, 0.5) is 17.1 Å². The third-order valence-corrected chi connectivity index (χ3v) is 6.65. The minimum absolute atomic E-state index is 0.0453. The number of esters is 1. The lowest BCUT2D eigenvalue weighted by Gasteiger charge is -2.32. The molecule has 1 heterocycles. The van der Waals surface area contributed by atoms with Crippen molar-refractivity contribution in [3.8, 4) is 0 Å². The minimum Gasteiger partial charge on any atom is -0.465 e. The molecule has 39 heavy (non-hydrogen) atoms. The number of benzene rings is 2. The summed E-state index contributed by atoms with van der Waals surface area (Å²) in [5, 5.41) is 2.59. The molecule has 0 saturated carbocycles. The Morgan fingerprint density at radius 2 is 1.64 bits per heavy atom. The Morgan fingerprint density at radius 3 is 2.15 bits per heavy atom. The second-order valence-corrected chi connectivity index (χ2v) is 9.84. The quantitative estimate of drug-likeness (QED) is 0.323. The summed E-state index contributed by atoms with van der Waals surface area (Å²) in [5.74, 6) is -2.76. The SMILES string of the molecule is CCOC(=O)CNC(=O)C(c1ccc(N(C)C)cc1)N(C(=O)c1snc(C(N)=O)c1N)c1cc(C)cc(C)c1. The van der Waals surface area contributed by atoms with Crippen LogP contribution in [-0.4, -0.2) is 55.3 Å². The first-order valence-electron chi connectivity index (χ1n) is 12.1. The highest BCUT2D eigenvalue weighted by atomic mass is 32.1. The summed E-state index contributed by atoms with van der Waals surface area (Å²) < 4.78 is 8.91. The van der Waals surface area contributed by atoms with E-state index in [2.05, 4.69) is 9.69 Å². The van der Waals surface area contributed by atoms with Crippen molar-refractivity contribution in [2.24, 2.45) is 5.73 Å². The number of primary amides is 1. The van der Waals surface area contributed by atoms with Crippen LogP contribution in [0.5, 0.6) is 0 Å². The van der Waals surface area contributed by atoms with Gasteiger partial charge in [0, 0.05) is 25.5 Å². The number of nitrogens with one attached hydrogen (secondary N) is 1. The van der Waals surface area contributed by atoms with Crippen molar-refractivity contribution in [1.82, 2.24) is 9.69 Å². The molecule has 0 saturated heterocycles. The molecule has 3 aromatic rings. The van der Waals surface area contributed by atoms with Gasteiger partial charge < -0.3 is 26.4 Å². The van der Waals surface area contributed by atoms with Gasteiger partial charge in [-0.25, -0.2) is 0 Å². The molecule has 0 fully saturated rings. The Kier molecular flexibility index (Phi) is 9.25. The summed E-state index contributed by atoms with van der Waals surface area (Å²) >= 11 is 0.720. The van der Waals surface area contributed by atoms with Crippen LogP contribution in [-0.2, 0) is 14.3 Å². The van der Waals surface area contributed by atoms with E-state index in [-0.39, 0.29) is 29.4 Å². The normalized spacial score (nSPS) is 11.4. The predicted octanol–water partition coefficient (Wildman–Crippen LogP) is 2.57. The second kappa shape index (κ2) is 12.4.